The first-order valence-corrected chi connectivity index (χ1v) is 8.27. The predicted octanol–water partition coefficient (Wildman–Crippen LogP) is 3.45. The maximum absolute atomic E-state index is 5.93. The van der Waals surface area contributed by atoms with Gasteiger partial charge < -0.3 is 11.1 Å². The number of nitrogens with one attached hydrogen (secondary N) is 1. The van der Waals surface area contributed by atoms with Crippen LogP contribution in [0.2, 0.25) is 0 Å². The standard InChI is InChI=1S/C16H32N2/c1-13(14-8-4-2-3-5-9-14)18-16-11-7-6-10-15(16)12-17/h13-16,18H,2-12,17H2,1H3/t13-,15?,16?/m0/s1. The Labute approximate surface area is 113 Å². The van der Waals surface area contributed by atoms with Crippen molar-refractivity contribution in [2.45, 2.75) is 83.2 Å². The molecule has 2 nitrogen and oxygen atoms in total. The Morgan fingerprint density at radius 3 is 2.22 bits per heavy atom. The quantitative estimate of drug-likeness (QED) is 0.752. The van der Waals surface area contributed by atoms with Crippen LogP contribution in [-0.2, 0) is 0 Å². The highest BCUT2D eigenvalue weighted by molar-refractivity contribution is 4.85. The van der Waals surface area contributed by atoms with Crippen molar-refractivity contribution in [1.82, 2.24) is 5.32 Å². The molecule has 0 aliphatic heterocycles. The summed E-state index contributed by atoms with van der Waals surface area (Å²) in [5.41, 5.74) is 5.93. The molecular weight excluding hydrogens is 220 g/mol. The van der Waals surface area contributed by atoms with E-state index in [9.17, 15) is 0 Å². The first-order valence-electron chi connectivity index (χ1n) is 8.27. The van der Waals surface area contributed by atoms with Crippen molar-refractivity contribution in [3.63, 3.8) is 0 Å². The Hall–Kier alpha value is -0.0800. The lowest BCUT2D eigenvalue weighted by Crippen LogP contribution is -2.48. The lowest BCUT2D eigenvalue weighted by molar-refractivity contribution is 0.218. The van der Waals surface area contributed by atoms with E-state index in [1.807, 2.05) is 0 Å². The van der Waals surface area contributed by atoms with E-state index in [1.54, 1.807) is 0 Å². The van der Waals surface area contributed by atoms with Gasteiger partial charge in [0, 0.05) is 12.1 Å². The van der Waals surface area contributed by atoms with Gasteiger partial charge in [-0.05, 0) is 51.0 Å². The molecule has 2 fully saturated rings. The number of hydrogen-bond acceptors (Lipinski definition) is 2. The summed E-state index contributed by atoms with van der Waals surface area (Å²) in [6.07, 6.45) is 14.1. The van der Waals surface area contributed by atoms with E-state index >= 15 is 0 Å². The molecule has 2 heteroatoms. The molecule has 106 valence electrons. The molecule has 0 saturated heterocycles. The van der Waals surface area contributed by atoms with Crippen molar-refractivity contribution in [3.05, 3.63) is 0 Å². The SMILES string of the molecule is C[C@H](NC1CCCCC1CN)C1CCCCCC1. The fraction of sp³-hybridized carbons (Fsp3) is 1.00. The van der Waals surface area contributed by atoms with Crippen molar-refractivity contribution in [2.75, 3.05) is 6.54 Å². The molecular formula is C16H32N2. The van der Waals surface area contributed by atoms with Crippen LogP contribution in [0.3, 0.4) is 0 Å². The highest BCUT2D eigenvalue weighted by atomic mass is 15.0. The number of rotatable bonds is 4. The molecule has 3 atom stereocenters. The first kappa shape index (κ1) is 14.3. The van der Waals surface area contributed by atoms with E-state index in [1.165, 1.54) is 64.2 Å². The van der Waals surface area contributed by atoms with Crippen molar-refractivity contribution >= 4 is 0 Å². The fourth-order valence-corrected chi connectivity index (χ4v) is 3.99. The second-order valence-electron chi connectivity index (χ2n) is 6.59. The van der Waals surface area contributed by atoms with Gasteiger partial charge in [0.25, 0.3) is 0 Å². The van der Waals surface area contributed by atoms with Crippen molar-refractivity contribution in [2.24, 2.45) is 17.6 Å². The van der Waals surface area contributed by atoms with Crippen LogP contribution in [0.15, 0.2) is 0 Å². The van der Waals surface area contributed by atoms with Crippen LogP contribution in [0.4, 0.5) is 0 Å². The lowest BCUT2D eigenvalue weighted by Gasteiger charge is -2.36. The highest BCUT2D eigenvalue weighted by Crippen LogP contribution is 2.28. The van der Waals surface area contributed by atoms with Gasteiger partial charge in [0.05, 0.1) is 0 Å². The van der Waals surface area contributed by atoms with Gasteiger partial charge >= 0.3 is 0 Å². The molecule has 2 unspecified atom stereocenters. The monoisotopic (exact) mass is 252 g/mol. The van der Waals surface area contributed by atoms with Crippen molar-refractivity contribution in [3.8, 4) is 0 Å². The zero-order chi connectivity index (χ0) is 12.8. The van der Waals surface area contributed by atoms with Crippen LogP contribution < -0.4 is 11.1 Å². The van der Waals surface area contributed by atoms with Crippen LogP contribution in [-0.4, -0.2) is 18.6 Å². The van der Waals surface area contributed by atoms with Gasteiger partial charge in [-0.15, -0.1) is 0 Å². The summed E-state index contributed by atoms with van der Waals surface area (Å²) in [5, 5.41) is 3.94. The second kappa shape index (κ2) is 7.49. The van der Waals surface area contributed by atoms with Crippen LogP contribution in [0.25, 0.3) is 0 Å². The molecule has 2 rings (SSSR count). The van der Waals surface area contributed by atoms with Crippen LogP contribution >= 0.6 is 0 Å². The summed E-state index contributed by atoms with van der Waals surface area (Å²) in [5.74, 6) is 1.64. The molecule has 2 aliphatic carbocycles. The Bertz CT molecular complexity index is 221. The van der Waals surface area contributed by atoms with E-state index < -0.39 is 0 Å². The minimum Gasteiger partial charge on any atom is -0.330 e. The minimum atomic E-state index is 0.695. The van der Waals surface area contributed by atoms with E-state index in [2.05, 4.69) is 12.2 Å². The van der Waals surface area contributed by atoms with E-state index in [4.69, 9.17) is 5.73 Å². The average Bonchev–Trinajstić information content (AvgIpc) is 2.68. The largest absolute Gasteiger partial charge is 0.330 e. The third-order valence-electron chi connectivity index (χ3n) is 5.30. The van der Waals surface area contributed by atoms with Crippen LogP contribution in [0.1, 0.15) is 71.1 Å². The summed E-state index contributed by atoms with van der Waals surface area (Å²) in [4.78, 5) is 0. The number of hydrogen-bond donors (Lipinski definition) is 2. The maximum atomic E-state index is 5.93. The molecule has 0 spiro atoms. The first-order chi connectivity index (χ1) is 8.81. The van der Waals surface area contributed by atoms with E-state index in [-0.39, 0.29) is 0 Å². The topological polar surface area (TPSA) is 38.0 Å². The highest BCUT2D eigenvalue weighted by Gasteiger charge is 2.27. The molecule has 3 N–H and O–H groups in total. The third kappa shape index (κ3) is 3.96. The van der Waals surface area contributed by atoms with Crippen LogP contribution in [0.5, 0.6) is 0 Å². The van der Waals surface area contributed by atoms with Gasteiger partial charge in [0.2, 0.25) is 0 Å². The van der Waals surface area contributed by atoms with Gasteiger partial charge in [0.15, 0.2) is 0 Å². The van der Waals surface area contributed by atoms with Gasteiger partial charge in [-0.25, -0.2) is 0 Å². The molecule has 2 aliphatic rings. The molecule has 0 amide bonds. The normalized spacial score (nSPS) is 33.0. The van der Waals surface area contributed by atoms with Crippen molar-refractivity contribution < 1.29 is 0 Å². The number of nitrogens with two attached hydrogens (primary N) is 1. The zero-order valence-electron chi connectivity index (χ0n) is 12.2. The molecule has 0 radical (unpaired) electrons. The van der Waals surface area contributed by atoms with E-state index in [0.717, 1.165) is 18.4 Å². The van der Waals surface area contributed by atoms with Gasteiger partial charge in [-0.3, -0.25) is 0 Å². The zero-order valence-corrected chi connectivity index (χ0v) is 12.2. The molecule has 2 saturated carbocycles. The average molecular weight is 252 g/mol. The Morgan fingerprint density at radius 1 is 0.944 bits per heavy atom. The van der Waals surface area contributed by atoms with Crippen molar-refractivity contribution in [1.29, 1.82) is 0 Å². The fourth-order valence-electron chi connectivity index (χ4n) is 3.99. The Balaban J connectivity index is 1.82. The Morgan fingerprint density at radius 2 is 1.56 bits per heavy atom. The molecule has 0 bridgehead atoms. The lowest BCUT2D eigenvalue weighted by atomic mass is 9.83. The van der Waals surface area contributed by atoms with Gasteiger partial charge in [-0.2, -0.15) is 0 Å². The van der Waals surface area contributed by atoms with Crippen LogP contribution in [0, 0.1) is 11.8 Å². The predicted molar refractivity (Wildman–Crippen MR) is 78.6 cm³/mol. The summed E-state index contributed by atoms with van der Waals surface area (Å²) in [7, 11) is 0. The summed E-state index contributed by atoms with van der Waals surface area (Å²) in [6.45, 7) is 3.28. The molecule has 18 heavy (non-hydrogen) atoms. The molecule has 0 aromatic heterocycles. The smallest absolute Gasteiger partial charge is 0.0110 e. The summed E-state index contributed by atoms with van der Waals surface area (Å²) in [6, 6.07) is 1.39. The maximum Gasteiger partial charge on any atom is 0.0110 e. The second-order valence-corrected chi connectivity index (χ2v) is 6.59. The third-order valence-corrected chi connectivity index (χ3v) is 5.30. The summed E-state index contributed by atoms with van der Waals surface area (Å²) < 4.78 is 0. The Kier molecular flexibility index (Phi) is 5.97. The van der Waals surface area contributed by atoms with Gasteiger partial charge in [0.1, 0.15) is 0 Å². The molecule has 0 heterocycles. The molecule has 0 aromatic carbocycles. The van der Waals surface area contributed by atoms with Gasteiger partial charge in [-0.1, -0.05) is 38.5 Å². The minimum absolute atomic E-state index is 0.695. The van der Waals surface area contributed by atoms with E-state index in [0.29, 0.717) is 12.1 Å². The molecule has 0 aromatic rings. The summed E-state index contributed by atoms with van der Waals surface area (Å²) >= 11 is 0.